The maximum absolute atomic E-state index is 12.8. The van der Waals surface area contributed by atoms with Crippen molar-refractivity contribution in [2.45, 2.75) is 44.7 Å². The van der Waals surface area contributed by atoms with E-state index < -0.39 is 11.7 Å². The van der Waals surface area contributed by atoms with Crippen LogP contribution in [0.2, 0.25) is 0 Å². The van der Waals surface area contributed by atoms with Crippen LogP contribution in [-0.4, -0.2) is 23.4 Å². The summed E-state index contributed by atoms with van der Waals surface area (Å²) in [6.45, 7) is 1.32. The van der Waals surface area contributed by atoms with Crippen LogP contribution in [-0.2, 0) is 6.18 Å². The number of rotatable bonds is 12. The summed E-state index contributed by atoms with van der Waals surface area (Å²) >= 11 is 9.98. The molecule has 0 heterocycles. The average molecular weight is 499 g/mol. The Morgan fingerprint density at radius 3 is 2.18 bits per heavy atom. The Hall–Kier alpha value is -2.59. The number of nitrogens with one attached hydrogen (secondary N) is 3. The number of unbranched alkanes of at least 4 members (excludes halogenated alkanes) is 5. The van der Waals surface area contributed by atoms with Gasteiger partial charge in [0.2, 0.25) is 0 Å². The van der Waals surface area contributed by atoms with E-state index in [1.807, 2.05) is 24.3 Å². The number of anilines is 2. The number of hydrogen-bond donors (Lipinski definition) is 4. The molecule has 0 spiro atoms. The maximum atomic E-state index is 12.8. The van der Waals surface area contributed by atoms with E-state index in [-0.39, 0.29) is 5.11 Å². The molecule has 0 amide bonds. The minimum Gasteiger partial charge on any atom is -0.494 e. The van der Waals surface area contributed by atoms with Crippen molar-refractivity contribution in [3.63, 3.8) is 0 Å². The standard InChI is InChI=1S/C23H29F3N4OS2/c24-23(25,26)17-9-7-10-18(15-17)30-22(33)28-13-5-3-1-2-4-6-14-31-20-12-8-11-19(16-20)29-21(27)32/h7-12,15-16H,1-6,13-14H2,(H3,27,29,32)(H2,28,30,33). The maximum Gasteiger partial charge on any atom is 0.416 e. The normalized spacial score (nSPS) is 11.0. The van der Waals surface area contributed by atoms with Crippen molar-refractivity contribution in [3.05, 3.63) is 54.1 Å². The first kappa shape index (κ1) is 26.7. The van der Waals surface area contributed by atoms with Crippen molar-refractivity contribution in [3.8, 4) is 5.75 Å². The summed E-state index contributed by atoms with van der Waals surface area (Å²) in [4.78, 5) is 0. The lowest BCUT2D eigenvalue weighted by molar-refractivity contribution is -0.137. The summed E-state index contributed by atoms with van der Waals surface area (Å²) in [7, 11) is 0. The third-order valence-corrected chi connectivity index (χ3v) is 5.02. The molecule has 0 aliphatic heterocycles. The van der Waals surface area contributed by atoms with E-state index in [1.165, 1.54) is 6.07 Å². The lowest BCUT2D eigenvalue weighted by atomic mass is 10.1. The van der Waals surface area contributed by atoms with Crippen LogP contribution in [0.15, 0.2) is 48.5 Å². The number of halogens is 3. The van der Waals surface area contributed by atoms with Gasteiger partial charge in [0.25, 0.3) is 0 Å². The zero-order valence-corrected chi connectivity index (χ0v) is 19.8. The molecule has 0 saturated heterocycles. The molecule has 5 N–H and O–H groups in total. The van der Waals surface area contributed by atoms with E-state index in [2.05, 4.69) is 16.0 Å². The van der Waals surface area contributed by atoms with E-state index in [0.717, 1.165) is 62.1 Å². The highest BCUT2D eigenvalue weighted by molar-refractivity contribution is 7.80. The van der Waals surface area contributed by atoms with Crippen LogP contribution in [0.25, 0.3) is 0 Å². The molecule has 0 aromatic heterocycles. The molecule has 2 rings (SSSR count). The van der Waals surface area contributed by atoms with Gasteiger partial charge in [0.05, 0.1) is 12.2 Å². The Morgan fingerprint density at radius 1 is 0.848 bits per heavy atom. The van der Waals surface area contributed by atoms with Gasteiger partial charge in [-0.2, -0.15) is 13.2 Å². The number of alkyl halides is 3. The van der Waals surface area contributed by atoms with Crippen LogP contribution in [0.5, 0.6) is 5.75 Å². The molecule has 180 valence electrons. The van der Waals surface area contributed by atoms with E-state index in [1.54, 1.807) is 6.07 Å². The van der Waals surface area contributed by atoms with Crippen LogP contribution in [0.4, 0.5) is 24.5 Å². The SMILES string of the molecule is NC(=S)Nc1cccc(OCCCCCCCCNC(=S)Nc2cccc(C(F)(F)F)c2)c1. The van der Waals surface area contributed by atoms with Crippen LogP contribution in [0.1, 0.15) is 44.1 Å². The summed E-state index contributed by atoms with van der Waals surface area (Å²) in [5.74, 6) is 0.775. The van der Waals surface area contributed by atoms with E-state index in [4.69, 9.17) is 34.9 Å². The summed E-state index contributed by atoms with van der Waals surface area (Å²) in [5.41, 5.74) is 5.88. The van der Waals surface area contributed by atoms with Crippen LogP contribution >= 0.6 is 24.4 Å². The van der Waals surface area contributed by atoms with Gasteiger partial charge in [-0.1, -0.05) is 37.8 Å². The van der Waals surface area contributed by atoms with Gasteiger partial charge < -0.3 is 26.4 Å². The highest BCUT2D eigenvalue weighted by Gasteiger charge is 2.30. The second-order valence-electron chi connectivity index (χ2n) is 7.45. The van der Waals surface area contributed by atoms with Crippen LogP contribution in [0.3, 0.4) is 0 Å². The lowest BCUT2D eigenvalue weighted by Crippen LogP contribution is -2.29. The van der Waals surface area contributed by atoms with Crippen molar-refractivity contribution < 1.29 is 17.9 Å². The average Bonchev–Trinajstić information content (AvgIpc) is 2.74. The quantitative estimate of drug-likeness (QED) is 0.209. The predicted molar refractivity (Wildman–Crippen MR) is 136 cm³/mol. The molecule has 33 heavy (non-hydrogen) atoms. The van der Waals surface area contributed by atoms with Crippen molar-refractivity contribution in [1.82, 2.24) is 5.32 Å². The topological polar surface area (TPSA) is 71.3 Å². The van der Waals surface area contributed by atoms with Gasteiger partial charge in [0, 0.05) is 24.0 Å². The highest BCUT2D eigenvalue weighted by Crippen LogP contribution is 2.30. The van der Waals surface area contributed by atoms with Gasteiger partial charge in [-0.05, 0) is 67.6 Å². The third kappa shape index (κ3) is 11.2. The fraction of sp³-hybridized carbons (Fsp3) is 0.391. The molecule has 10 heteroatoms. The van der Waals surface area contributed by atoms with Crippen molar-refractivity contribution >= 4 is 46.0 Å². The first-order valence-corrected chi connectivity index (χ1v) is 11.6. The fourth-order valence-corrected chi connectivity index (χ4v) is 3.42. The van der Waals surface area contributed by atoms with Crippen molar-refractivity contribution in [1.29, 1.82) is 0 Å². The minimum atomic E-state index is -4.37. The van der Waals surface area contributed by atoms with Gasteiger partial charge in [-0.3, -0.25) is 0 Å². The van der Waals surface area contributed by atoms with Crippen molar-refractivity contribution in [2.75, 3.05) is 23.8 Å². The van der Waals surface area contributed by atoms with Crippen LogP contribution < -0.4 is 26.4 Å². The van der Waals surface area contributed by atoms with Gasteiger partial charge in [0.15, 0.2) is 10.2 Å². The lowest BCUT2D eigenvalue weighted by Gasteiger charge is -2.12. The molecular weight excluding hydrogens is 469 g/mol. The Balaban J connectivity index is 1.49. The summed E-state index contributed by atoms with van der Waals surface area (Å²) < 4.78 is 44.0. The van der Waals surface area contributed by atoms with E-state index in [0.29, 0.717) is 24.0 Å². The monoisotopic (exact) mass is 498 g/mol. The minimum absolute atomic E-state index is 0.219. The molecule has 0 radical (unpaired) electrons. The molecule has 2 aromatic carbocycles. The van der Waals surface area contributed by atoms with Gasteiger partial charge in [-0.15, -0.1) is 0 Å². The van der Waals surface area contributed by atoms with Gasteiger partial charge in [-0.25, -0.2) is 0 Å². The first-order valence-electron chi connectivity index (χ1n) is 10.8. The molecular formula is C23H29F3N4OS2. The fourth-order valence-electron chi connectivity index (χ4n) is 3.08. The highest BCUT2D eigenvalue weighted by atomic mass is 32.1. The Labute approximate surface area is 203 Å². The third-order valence-electron chi connectivity index (χ3n) is 4.67. The van der Waals surface area contributed by atoms with E-state index in [9.17, 15) is 13.2 Å². The molecule has 2 aromatic rings. The van der Waals surface area contributed by atoms with Crippen molar-refractivity contribution in [2.24, 2.45) is 5.73 Å². The zero-order valence-electron chi connectivity index (χ0n) is 18.2. The molecule has 0 unspecified atom stereocenters. The van der Waals surface area contributed by atoms with Gasteiger partial charge >= 0.3 is 6.18 Å². The molecule has 0 bridgehead atoms. The Morgan fingerprint density at radius 2 is 1.48 bits per heavy atom. The number of benzene rings is 2. The number of nitrogens with two attached hydrogens (primary N) is 1. The molecule has 0 saturated carbocycles. The Bertz CT molecular complexity index is 909. The first-order chi connectivity index (χ1) is 15.7. The largest absolute Gasteiger partial charge is 0.494 e. The Kier molecular flexibility index (Phi) is 11.2. The van der Waals surface area contributed by atoms with Gasteiger partial charge in [0.1, 0.15) is 5.75 Å². The van der Waals surface area contributed by atoms with Crippen LogP contribution in [0, 0.1) is 0 Å². The second-order valence-corrected chi connectivity index (χ2v) is 8.29. The molecule has 0 aliphatic carbocycles. The zero-order chi connectivity index (χ0) is 24.1. The summed E-state index contributed by atoms with van der Waals surface area (Å²) in [5, 5.41) is 9.24. The number of ether oxygens (including phenoxy) is 1. The second kappa shape index (κ2) is 13.8. The summed E-state index contributed by atoms with van der Waals surface area (Å²) in [6.07, 6.45) is 1.86. The number of thiocarbonyl (C=S) groups is 2. The smallest absolute Gasteiger partial charge is 0.416 e. The molecule has 0 fully saturated rings. The van der Waals surface area contributed by atoms with E-state index >= 15 is 0 Å². The summed E-state index contributed by atoms with van der Waals surface area (Å²) in [6, 6.07) is 12.5. The molecule has 0 atom stereocenters. The number of hydrogen-bond acceptors (Lipinski definition) is 3. The molecule has 0 aliphatic rings. The molecule has 5 nitrogen and oxygen atoms in total. The predicted octanol–water partition coefficient (Wildman–Crippen LogP) is 6.07.